The molecule has 0 fully saturated rings. The third kappa shape index (κ3) is 4.19. The van der Waals surface area contributed by atoms with Gasteiger partial charge in [-0.2, -0.15) is 9.36 Å². The van der Waals surface area contributed by atoms with E-state index in [-0.39, 0.29) is 6.03 Å². The summed E-state index contributed by atoms with van der Waals surface area (Å²) in [4.78, 5) is 19.0. The zero-order chi connectivity index (χ0) is 13.7. The van der Waals surface area contributed by atoms with Gasteiger partial charge in [0.15, 0.2) is 0 Å². The minimum absolute atomic E-state index is 0.152. The summed E-state index contributed by atoms with van der Waals surface area (Å²) in [6.07, 6.45) is 2.77. The van der Waals surface area contributed by atoms with Gasteiger partial charge in [0.05, 0.1) is 0 Å². The van der Waals surface area contributed by atoms with Gasteiger partial charge >= 0.3 is 6.03 Å². The Morgan fingerprint density at radius 3 is 3.05 bits per heavy atom. The number of hydrogen-bond donors (Lipinski definition) is 1. The van der Waals surface area contributed by atoms with Crippen LogP contribution in [-0.2, 0) is 6.42 Å². The number of hydrogen-bond acceptors (Lipinski definition) is 6. The monoisotopic (exact) mass is 314 g/mol. The van der Waals surface area contributed by atoms with Crippen LogP contribution in [0.4, 0.5) is 9.93 Å². The van der Waals surface area contributed by atoms with E-state index in [2.05, 4.69) is 20.7 Å². The van der Waals surface area contributed by atoms with Gasteiger partial charge < -0.3 is 4.90 Å². The first-order valence-corrected chi connectivity index (χ1v) is 8.49. The van der Waals surface area contributed by atoms with E-state index >= 15 is 0 Å². The van der Waals surface area contributed by atoms with Crippen LogP contribution in [-0.4, -0.2) is 40.1 Å². The Labute approximate surface area is 124 Å². The smallest absolute Gasteiger partial charge is 0.323 e. The van der Waals surface area contributed by atoms with Crippen molar-refractivity contribution < 1.29 is 4.79 Å². The number of nitrogens with zero attached hydrogens (tertiary/aromatic N) is 3. The Kier molecular flexibility index (Phi) is 5.17. The maximum absolute atomic E-state index is 11.9. The van der Waals surface area contributed by atoms with Gasteiger partial charge in [-0.15, -0.1) is 11.3 Å². The lowest BCUT2D eigenvalue weighted by molar-refractivity contribution is 0.223. The van der Waals surface area contributed by atoms with Crippen molar-refractivity contribution >= 4 is 45.8 Å². The average molecular weight is 314 g/mol. The van der Waals surface area contributed by atoms with E-state index in [0.29, 0.717) is 16.8 Å². The minimum atomic E-state index is -0.152. The summed E-state index contributed by atoms with van der Waals surface area (Å²) in [6, 6.07) is 3.94. The van der Waals surface area contributed by atoms with E-state index in [1.54, 1.807) is 23.3 Å². The van der Waals surface area contributed by atoms with E-state index in [1.165, 1.54) is 28.2 Å². The number of likely N-dealkylation sites (N-methyl/N-ethyl adjacent to an activating group) is 1. The number of urea groups is 1. The second-order valence-electron chi connectivity index (χ2n) is 3.77. The van der Waals surface area contributed by atoms with Gasteiger partial charge in [0.1, 0.15) is 0 Å². The molecule has 2 heterocycles. The maximum Gasteiger partial charge on any atom is 0.323 e. The molecule has 0 atom stereocenters. The SMILES string of the molecule is CSc1nsc(NC(=O)N(C)CCc2cccs2)n1. The highest BCUT2D eigenvalue weighted by molar-refractivity contribution is 7.98. The summed E-state index contributed by atoms with van der Waals surface area (Å²) in [5.41, 5.74) is 0. The Balaban J connectivity index is 1.81. The van der Waals surface area contributed by atoms with Crippen molar-refractivity contribution in [2.24, 2.45) is 0 Å². The molecular weight excluding hydrogens is 300 g/mol. The summed E-state index contributed by atoms with van der Waals surface area (Å²) in [6.45, 7) is 0.681. The average Bonchev–Trinajstić information content (AvgIpc) is 3.06. The first kappa shape index (κ1) is 14.3. The second-order valence-corrected chi connectivity index (χ2v) is 6.32. The van der Waals surface area contributed by atoms with Crippen molar-refractivity contribution in [3.8, 4) is 0 Å². The third-order valence-electron chi connectivity index (χ3n) is 2.42. The summed E-state index contributed by atoms with van der Waals surface area (Å²) in [5, 5.41) is 6.01. The number of aromatic nitrogens is 2. The molecule has 8 heteroatoms. The number of carbonyl (C=O) groups is 1. The maximum atomic E-state index is 11.9. The molecule has 19 heavy (non-hydrogen) atoms. The quantitative estimate of drug-likeness (QED) is 0.862. The molecule has 5 nitrogen and oxygen atoms in total. The van der Waals surface area contributed by atoms with Crippen LogP contribution in [0.3, 0.4) is 0 Å². The molecule has 0 aliphatic rings. The van der Waals surface area contributed by atoms with Crippen molar-refractivity contribution in [1.82, 2.24) is 14.3 Å². The highest BCUT2D eigenvalue weighted by atomic mass is 32.2. The number of carbonyl (C=O) groups excluding carboxylic acids is 1. The lowest BCUT2D eigenvalue weighted by Crippen LogP contribution is -2.32. The fraction of sp³-hybridized carbons (Fsp3) is 0.364. The molecule has 2 aromatic rings. The van der Waals surface area contributed by atoms with Gasteiger partial charge in [-0.25, -0.2) is 4.79 Å². The molecule has 0 bridgehead atoms. The first-order chi connectivity index (χ1) is 9.19. The molecule has 0 saturated heterocycles. The number of thioether (sulfide) groups is 1. The zero-order valence-electron chi connectivity index (χ0n) is 10.6. The summed E-state index contributed by atoms with van der Waals surface area (Å²) in [7, 11) is 1.78. The number of amides is 2. The van der Waals surface area contributed by atoms with E-state index in [4.69, 9.17) is 0 Å². The fourth-order valence-corrected chi connectivity index (χ4v) is 3.18. The molecule has 1 N–H and O–H groups in total. The molecule has 0 unspecified atom stereocenters. The Hall–Kier alpha value is -1.12. The minimum Gasteiger partial charge on any atom is -0.327 e. The van der Waals surface area contributed by atoms with E-state index < -0.39 is 0 Å². The van der Waals surface area contributed by atoms with Crippen molar-refractivity contribution in [2.45, 2.75) is 11.6 Å². The molecule has 2 amide bonds. The normalized spacial score (nSPS) is 10.4. The molecule has 0 aliphatic heterocycles. The number of thiophene rings is 1. The fourth-order valence-electron chi connectivity index (χ4n) is 1.36. The van der Waals surface area contributed by atoms with Crippen LogP contribution in [0.15, 0.2) is 22.7 Å². The van der Waals surface area contributed by atoms with E-state index in [9.17, 15) is 4.79 Å². The lowest BCUT2D eigenvalue weighted by Gasteiger charge is -2.16. The molecule has 0 spiro atoms. The van der Waals surface area contributed by atoms with Crippen LogP contribution < -0.4 is 5.32 Å². The van der Waals surface area contributed by atoms with Crippen LogP contribution in [0.2, 0.25) is 0 Å². The molecular formula is C11H14N4OS3. The lowest BCUT2D eigenvalue weighted by atomic mass is 10.3. The van der Waals surface area contributed by atoms with Gasteiger partial charge in [0.2, 0.25) is 10.3 Å². The van der Waals surface area contributed by atoms with Crippen molar-refractivity contribution in [3.63, 3.8) is 0 Å². The van der Waals surface area contributed by atoms with E-state index in [1.807, 2.05) is 17.7 Å². The molecule has 0 radical (unpaired) electrons. The number of nitrogens with one attached hydrogen (secondary N) is 1. The van der Waals surface area contributed by atoms with Crippen LogP contribution in [0.5, 0.6) is 0 Å². The Morgan fingerprint density at radius 1 is 1.58 bits per heavy atom. The van der Waals surface area contributed by atoms with Crippen molar-refractivity contribution in [2.75, 3.05) is 25.2 Å². The third-order valence-corrected chi connectivity index (χ3v) is 4.65. The largest absolute Gasteiger partial charge is 0.327 e. The van der Waals surface area contributed by atoms with Crippen LogP contribution in [0.25, 0.3) is 0 Å². The first-order valence-electron chi connectivity index (χ1n) is 5.61. The van der Waals surface area contributed by atoms with E-state index in [0.717, 1.165) is 6.42 Å². The molecule has 2 rings (SSSR count). The molecule has 102 valence electrons. The number of rotatable bonds is 5. The van der Waals surface area contributed by atoms with Crippen LogP contribution in [0, 0.1) is 0 Å². The summed E-state index contributed by atoms with van der Waals surface area (Å²) >= 11 is 4.36. The highest BCUT2D eigenvalue weighted by Crippen LogP contribution is 2.18. The number of anilines is 1. The molecule has 0 aliphatic carbocycles. The molecule has 0 saturated carbocycles. The van der Waals surface area contributed by atoms with Crippen LogP contribution in [0.1, 0.15) is 4.88 Å². The molecule has 2 aromatic heterocycles. The van der Waals surface area contributed by atoms with Gasteiger partial charge in [-0.3, -0.25) is 5.32 Å². The van der Waals surface area contributed by atoms with Crippen LogP contribution >= 0.6 is 34.6 Å². The van der Waals surface area contributed by atoms with Gasteiger partial charge in [-0.1, -0.05) is 17.8 Å². The predicted octanol–water partition coefficient (Wildman–Crippen LogP) is 3.03. The van der Waals surface area contributed by atoms with Gasteiger partial charge in [-0.05, 0) is 24.1 Å². The topological polar surface area (TPSA) is 58.1 Å². The zero-order valence-corrected chi connectivity index (χ0v) is 13.1. The predicted molar refractivity (Wildman–Crippen MR) is 81.4 cm³/mol. The standard InChI is InChI=1S/C11H14N4OS3/c1-15(6-5-8-4-3-7-18-8)11(16)13-9-12-10(17-2)14-19-9/h3-4,7H,5-6H2,1-2H3,(H,12,13,14,16). The van der Waals surface area contributed by atoms with Crippen molar-refractivity contribution in [1.29, 1.82) is 0 Å². The van der Waals surface area contributed by atoms with Crippen molar-refractivity contribution in [3.05, 3.63) is 22.4 Å². The Bertz CT molecular complexity index is 526. The Morgan fingerprint density at radius 2 is 2.42 bits per heavy atom. The second kappa shape index (κ2) is 6.88. The van der Waals surface area contributed by atoms with Gasteiger partial charge in [0, 0.05) is 30.0 Å². The van der Waals surface area contributed by atoms with Gasteiger partial charge in [0.25, 0.3) is 0 Å². The summed E-state index contributed by atoms with van der Waals surface area (Å²) < 4.78 is 4.10. The summed E-state index contributed by atoms with van der Waals surface area (Å²) in [5.74, 6) is 0. The highest BCUT2D eigenvalue weighted by Gasteiger charge is 2.11. The molecule has 0 aromatic carbocycles.